The Morgan fingerprint density at radius 3 is 2.79 bits per heavy atom. The second-order valence-electron chi connectivity index (χ2n) is 7.88. The lowest BCUT2D eigenvalue weighted by molar-refractivity contribution is 0.0376. The minimum absolute atomic E-state index is 0.303. The van der Waals surface area contributed by atoms with Gasteiger partial charge in [-0.3, -0.25) is 4.90 Å². The number of nitrogens with one attached hydrogen (secondary N) is 2. The van der Waals surface area contributed by atoms with E-state index in [0.717, 1.165) is 70.0 Å². The largest absolute Gasteiger partial charge is 0.379 e. The second kappa shape index (κ2) is 10.5. The number of thioether (sulfide) groups is 1. The third kappa shape index (κ3) is 6.35. The predicted octanol–water partition coefficient (Wildman–Crippen LogP) is 1.17. The van der Waals surface area contributed by atoms with Gasteiger partial charge in [-0.2, -0.15) is 11.8 Å². The van der Waals surface area contributed by atoms with Gasteiger partial charge < -0.3 is 19.9 Å². The summed E-state index contributed by atoms with van der Waals surface area (Å²) < 4.78 is 7.72. The third-order valence-corrected chi connectivity index (χ3v) is 7.08. The van der Waals surface area contributed by atoms with Crippen LogP contribution in [0, 0.1) is 6.92 Å². The molecule has 0 bridgehead atoms. The minimum atomic E-state index is 0.303. The highest BCUT2D eigenvalue weighted by atomic mass is 32.2. The SMILES string of the molecule is Cc1nnc(CN=C(NCCCN2CCOCC2)NCC2(C)CCCS2)n1C. The molecule has 2 aliphatic heterocycles. The first kappa shape index (κ1) is 21.4. The molecule has 0 amide bonds. The van der Waals surface area contributed by atoms with Crippen molar-refractivity contribution in [2.75, 3.05) is 51.7 Å². The highest BCUT2D eigenvalue weighted by Crippen LogP contribution is 2.36. The van der Waals surface area contributed by atoms with E-state index in [4.69, 9.17) is 9.73 Å². The molecule has 0 radical (unpaired) electrons. The Kier molecular flexibility index (Phi) is 7.99. The molecule has 0 spiro atoms. The fourth-order valence-electron chi connectivity index (χ4n) is 3.49. The molecule has 28 heavy (non-hydrogen) atoms. The van der Waals surface area contributed by atoms with Crippen molar-refractivity contribution >= 4 is 17.7 Å². The van der Waals surface area contributed by atoms with Crippen LogP contribution in [0.25, 0.3) is 0 Å². The zero-order chi connectivity index (χ0) is 19.8. The van der Waals surface area contributed by atoms with E-state index in [2.05, 4.69) is 44.4 Å². The van der Waals surface area contributed by atoms with Gasteiger partial charge in [0.2, 0.25) is 0 Å². The Balaban J connectivity index is 1.50. The van der Waals surface area contributed by atoms with Crippen LogP contribution in [0.5, 0.6) is 0 Å². The molecule has 1 atom stereocenters. The molecule has 8 nitrogen and oxygen atoms in total. The number of rotatable bonds is 8. The van der Waals surface area contributed by atoms with Crippen molar-refractivity contribution in [3.05, 3.63) is 11.6 Å². The van der Waals surface area contributed by atoms with Gasteiger partial charge in [0, 0.05) is 38.0 Å². The zero-order valence-corrected chi connectivity index (χ0v) is 18.4. The van der Waals surface area contributed by atoms with Crippen LogP contribution in [-0.4, -0.2) is 82.1 Å². The quantitative estimate of drug-likeness (QED) is 0.379. The van der Waals surface area contributed by atoms with E-state index in [1.807, 2.05) is 18.5 Å². The number of aromatic nitrogens is 3. The van der Waals surface area contributed by atoms with Crippen molar-refractivity contribution in [2.24, 2.45) is 12.0 Å². The normalized spacial score (nSPS) is 23.9. The summed E-state index contributed by atoms with van der Waals surface area (Å²) >= 11 is 2.06. The molecule has 0 saturated carbocycles. The average molecular weight is 410 g/mol. The third-order valence-electron chi connectivity index (χ3n) is 5.54. The van der Waals surface area contributed by atoms with Crippen molar-refractivity contribution < 1.29 is 4.74 Å². The fraction of sp³-hybridized carbons (Fsp3) is 0.842. The molecule has 3 rings (SSSR count). The standard InChI is InChI=1S/C19H35N7OS/c1-16-23-24-17(25(16)3)14-21-18(22-15-19(2)6-4-13-28-19)20-7-5-8-26-9-11-27-12-10-26/h4-15H2,1-3H3,(H2,20,21,22). The maximum atomic E-state index is 5.42. The van der Waals surface area contributed by atoms with Gasteiger partial charge in [-0.25, -0.2) is 4.99 Å². The topological polar surface area (TPSA) is 79.6 Å². The Labute approximate surface area is 172 Å². The first-order chi connectivity index (χ1) is 13.6. The van der Waals surface area contributed by atoms with E-state index in [1.165, 1.54) is 18.6 Å². The molecule has 0 aliphatic carbocycles. The van der Waals surface area contributed by atoms with E-state index in [1.54, 1.807) is 0 Å². The lowest BCUT2D eigenvalue weighted by Crippen LogP contribution is -2.44. The lowest BCUT2D eigenvalue weighted by Gasteiger charge is -2.27. The highest BCUT2D eigenvalue weighted by Gasteiger charge is 2.29. The number of ether oxygens (including phenoxy) is 1. The number of aryl methyl sites for hydroxylation is 1. The number of nitrogens with zero attached hydrogens (tertiary/aromatic N) is 5. The van der Waals surface area contributed by atoms with Crippen LogP contribution >= 0.6 is 11.8 Å². The van der Waals surface area contributed by atoms with E-state index in [0.29, 0.717) is 11.3 Å². The van der Waals surface area contributed by atoms with Crippen LogP contribution in [0.2, 0.25) is 0 Å². The summed E-state index contributed by atoms with van der Waals surface area (Å²) in [6.45, 7) is 11.6. The van der Waals surface area contributed by atoms with Crippen molar-refractivity contribution in [2.45, 2.75) is 44.4 Å². The van der Waals surface area contributed by atoms with Gasteiger partial charge in [-0.15, -0.1) is 10.2 Å². The van der Waals surface area contributed by atoms with Crippen molar-refractivity contribution in [3.63, 3.8) is 0 Å². The maximum absolute atomic E-state index is 5.42. The summed E-state index contributed by atoms with van der Waals surface area (Å²) in [4.78, 5) is 7.24. The van der Waals surface area contributed by atoms with Crippen molar-refractivity contribution in [3.8, 4) is 0 Å². The van der Waals surface area contributed by atoms with Crippen LogP contribution in [-0.2, 0) is 18.3 Å². The summed E-state index contributed by atoms with van der Waals surface area (Å²) in [5, 5.41) is 15.4. The summed E-state index contributed by atoms with van der Waals surface area (Å²) in [5.41, 5.74) is 0. The average Bonchev–Trinajstić information content (AvgIpc) is 3.28. The zero-order valence-electron chi connectivity index (χ0n) is 17.5. The molecule has 1 unspecified atom stereocenters. The Morgan fingerprint density at radius 2 is 2.11 bits per heavy atom. The second-order valence-corrected chi connectivity index (χ2v) is 9.56. The van der Waals surface area contributed by atoms with Gasteiger partial charge in [-0.05, 0) is 45.4 Å². The number of morpholine rings is 1. The first-order valence-corrected chi connectivity index (χ1v) is 11.4. The highest BCUT2D eigenvalue weighted by molar-refractivity contribution is 8.00. The summed E-state index contributed by atoms with van der Waals surface area (Å²) in [6, 6.07) is 0. The molecule has 158 valence electrons. The number of guanidine groups is 1. The first-order valence-electron chi connectivity index (χ1n) is 10.4. The summed E-state index contributed by atoms with van der Waals surface area (Å²) in [7, 11) is 1.99. The molecule has 0 aromatic carbocycles. The molecule has 2 fully saturated rings. The van der Waals surface area contributed by atoms with Crippen LogP contribution in [0.15, 0.2) is 4.99 Å². The molecule has 1 aromatic rings. The molecule has 2 saturated heterocycles. The number of hydrogen-bond acceptors (Lipinski definition) is 6. The van der Waals surface area contributed by atoms with Crippen molar-refractivity contribution in [1.29, 1.82) is 0 Å². The van der Waals surface area contributed by atoms with Gasteiger partial charge >= 0.3 is 0 Å². The van der Waals surface area contributed by atoms with Gasteiger partial charge in [0.25, 0.3) is 0 Å². The lowest BCUT2D eigenvalue weighted by atomic mass is 10.1. The van der Waals surface area contributed by atoms with Gasteiger partial charge in [0.1, 0.15) is 12.4 Å². The van der Waals surface area contributed by atoms with Crippen LogP contribution in [0.1, 0.15) is 37.8 Å². The molecule has 2 N–H and O–H groups in total. The van der Waals surface area contributed by atoms with Gasteiger partial charge in [-0.1, -0.05) is 0 Å². The number of hydrogen-bond donors (Lipinski definition) is 2. The Bertz CT molecular complexity index is 636. The smallest absolute Gasteiger partial charge is 0.191 e. The Morgan fingerprint density at radius 1 is 1.29 bits per heavy atom. The van der Waals surface area contributed by atoms with E-state index >= 15 is 0 Å². The van der Waals surface area contributed by atoms with Gasteiger partial charge in [0.05, 0.1) is 13.2 Å². The Hall–Kier alpha value is -1.32. The van der Waals surface area contributed by atoms with Crippen LogP contribution in [0.3, 0.4) is 0 Å². The minimum Gasteiger partial charge on any atom is -0.379 e. The molecule has 2 aliphatic rings. The molecular formula is C19H35N7OS. The molecule has 9 heteroatoms. The van der Waals surface area contributed by atoms with Crippen LogP contribution in [0.4, 0.5) is 0 Å². The molecule has 1 aromatic heterocycles. The summed E-state index contributed by atoms with van der Waals surface area (Å²) in [5.74, 6) is 3.92. The molecular weight excluding hydrogens is 374 g/mol. The van der Waals surface area contributed by atoms with E-state index < -0.39 is 0 Å². The van der Waals surface area contributed by atoms with Crippen molar-refractivity contribution in [1.82, 2.24) is 30.3 Å². The summed E-state index contributed by atoms with van der Waals surface area (Å²) in [6.07, 6.45) is 3.66. The number of aliphatic imine (C=N–C) groups is 1. The van der Waals surface area contributed by atoms with E-state index in [9.17, 15) is 0 Å². The monoisotopic (exact) mass is 409 g/mol. The maximum Gasteiger partial charge on any atom is 0.191 e. The fourth-order valence-corrected chi connectivity index (χ4v) is 4.74. The van der Waals surface area contributed by atoms with E-state index in [-0.39, 0.29) is 0 Å². The predicted molar refractivity (Wildman–Crippen MR) is 115 cm³/mol. The van der Waals surface area contributed by atoms with Crippen LogP contribution < -0.4 is 10.6 Å². The van der Waals surface area contributed by atoms with Gasteiger partial charge in [0.15, 0.2) is 11.8 Å². The molecule has 3 heterocycles.